The summed E-state index contributed by atoms with van der Waals surface area (Å²) in [6, 6.07) is 9.42. The van der Waals surface area contributed by atoms with Crippen molar-refractivity contribution in [3.63, 3.8) is 0 Å². The SMILES string of the molecule is CC(C)C(O)CNC(=O)c1c[nH]c(=S)n1-c1ccccc1. The Hall–Kier alpha value is -1.92. The van der Waals surface area contributed by atoms with E-state index in [1.165, 1.54) is 0 Å². The van der Waals surface area contributed by atoms with E-state index in [9.17, 15) is 9.90 Å². The Morgan fingerprint density at radius 1 is 1.38 bits per heavy atom. The molecule has 1 unspecified atom stereocenters. The molecule has 0 radical (unpaired) electrons. The number of nitrogens with zero attached hydrogens (tertiary/aromatic N) is 1. The number of aliphatic hydroxyl groups is 1. The van der Waals surface area contributed by atoms with Gasteiger partial charge in [0, 0.05) is 18.4 Å². The van der Waals surface area contributed by atoms with Crippen LogP contribution in [-0.4, -0.2) is 33.2 Å². The van der Waals surface area contributed by atoms with Gasteiger partial charge in [-0.3, -0.25) is 9.36 Å². The van der Waals surface area contributed by atoms with Gasteiger partial charge in [0.1, 0.15) is 5.69 Å². The van der Waals surface area contributed by atoms with E-state index >= 15 is 0 Å². The third-order valence-corrected chi connectivity index (χ3v) is 3.57. The Balaban J connectivity index is 2.22. The van der Waals surface area contributed by atoms with E-state index in [1.54, 1.807) is 10.8 Å². The van der Waals surface area contributed by atoms with Crippen LogP contribution in [0.1, 0.15) is 24.3 Å². The molecule has 0 saturated carbocycles. The number of hydrogen-bond donors (Lipinski definition) is 3. The first-order valence-electron chi connectivity index (χ1n) is 6.83. The molecule has 0 fully saturated rings. The van der Waals surface area contributed by atoms with Crippen LogP contribution in [0.4, 0.5) is 0 Å². The van der Waals surface area contributed by atoms with Gasteiger partial charge in [-0.25, -0.2) is 0 Å². The number of aliphatic hydroxyl groups excluding tert-OH is 1. The number of rotatable bonds is 5. The molecule has 2 rings (SSSR count). The second kappa shape index (κ2) is 6.69. The topological polar surface area (TPSA) is 70.1 Å². The number of aromatic nitrogens is 2. The van der Waals surface area contributed by atoms with Crippen molar-refractivity contribution in [1.29, 1.82) is 0 Å². The Kier molecular flexibility index (Phi) is 4.93. The van der Waals surface area contributed by atoms with Crippen molar-refractivity contribution < 1.29 is 9.90 Å². The number of nitrogens with one attached hydrogen (secondary N) is 2. The van der Waals surface area contributed by atoms with Gasteiger partial charge in [-0.2, -0.15) is 0 Å². The summed E-state index contributed by atoms with van der Waals surface area (Å²) in [5.74, 6) is -0.182. The first-order chi connectivity index (χ1) is 10.0. The number of benzene rings is 1. The highest BCUT2D eigenvalue weighted by molar-refractivity contribution is 7.71. The van der Waals surface area contributed by atoms with Crippen LogP contribution in [0.15, 0.2) is 36.5 Å². The van der Waals surface area contributed by atoms with Crippen molar-refractivity contribution in [1.82, 2.24) is 14.9 Å². The van der Waals surface area contributed by atoms with Crippen molar-refractivity contribution in [3.8, 4) is 5.69 Å². The quantitative estimate of drug-likeness (QED) is 0.742. The molecule has 6 heteroatoms. The van der Waals surface area contributed by atoms with Gasteiger partial charge in [-0.1, -0.05) is 32.0 Å². The number of aromatic amines is 1. The Morgan fingerprint density at radius 3 is 2.67 bits per heavy atom. The predicted octanol–water partition coefficient (Wildman–Crippen LogP) is 2.28. The fourth-order valence-corrected chi connectivity index (χ4v) is 2.16. The van der Waals surface area contributed by atoms with Gasteiger partial charge in [-0.05, 0) is 30.3 Å². The zero-order valence-corrected chi connectivity index (χ0v) is 12.9. The number of amides is 1. The van der Waals surface area contributed by atoms with Crippen LogP contribution >= 0.6 is 12.2 Å². The molecule has 0 aliphatic carbocycles. The van der Waals surface area contributed by atoms with E-state index in [4.69, 9.17) is 12.2 Å². The van der Waals surface area contributed by atoms with Crippen LogP contribution in [0.5, 0.6) is 0 Å². The van der Waals surface area contributed by atoms with Gasteiger partial charge < -0.3 is 15.4 Å². The predicted molar refractivity (Wildman–Crippen MR) is 84.1 cm³/mol. The lowest BCUT2D eigenvalue weighted by molar-refractivity contribution is 0.0865. The molecule has 0 saturated heterocycles. The number of carbonyl (C=O) groups excluding carboxylic acids is 1. The number of H-pyrrole nitrogens is 1. The molecule has 0 aliphatic heterocycles. The molecule has 1 heterocycles. The molecule has 0 aliphatic rings. The van der Waals surface area contributed by atoms with Gasteiger partial charge in [-0.15, -0.1) is 0 Å². The molecular formula is C15H19N3O2S. The summed E-state index contributed by atoms with van der Waals surface area (Å²) >= 11 is 5.23. The molecule has 1 aromatic heterocycles. The molecule has 1 atom stereocenters. The van der Waals surface area contributed by atoms with Gasteiger partial charge in [0.2, 0.25) is 0 Å². The van der Waals surface area contributed by atoms with Crippen LogP contribution in [0, 0.1) is 10.7 Å². The molecular weight excluding hydrogens is 286 g/mol. The monoisotopic (exact) mass is 305 g/mol. The van der Waals surface area contributed by atoms with Gasteiger partial charge in [0.05, 0.1) is 6.10 Å². The molecule has 2 aromatic rings. The average molecular weight is 305 g/mol. The normalized spacial score (nSPS) is 12.4. The first kappa shape index (κ1) is 15.5. The highest BCUT2D eigenvalue weighted by atomic mass is 32.1. The maximum Gasteiger partial charge on any atom is 0.269 e. The highest BCUT2D eigenvalue weighted by Gasteiger charge is 2.16. The second-order valence-electron chi connectivity index (χ2n) is 5.17. The minimum absolute atomic E-state index is 0.0901. The fourth-order valence-electron chi connectivity index (χ4n) is 1.89. The molecule has 112 valence electrons. The van der Waals surface area contributed by atoms with Gasteiger partial charge in [0.15, 0.2) is 4.77 Å². The minimum atomic E-state index is -0.568. The van der Waals surface area contributed by atoms with Gasteiger partial charge >= 0.3 is 0 Å². The van der Waals surface area contributed by atoms with E-state index < -0.39 is 6.10 Å². The van der Waals surface area contributed by atoms with Crippen molar-refractivity contribution in [2.45, 2.75) is 20.0 Å². The van der Waals surface area contributed by atoms with E-state index in [-0.39, 0.29) is 18.4 Å². The summed E-state index contributed by atoms with van der Waals surface area (Å²) in [7, 11) is 0. The van der Waals surface area contributed by atoms with Crippen LogP contribution in [0.2, 0.25) is 0 Å². The maximum absolute atomic E-state index is 12.3. The Labute approximate surface area is 128 Å². The highest BCUT2D eigenvalue weighted by Crippen LogP contribution is 2.12. The number of carbonyl (C=O) groups is 1. The molecule has 1 aromatic carbocycles. The smallest absolute Gasteiger partial charge is 0.269 e. The summed E-state index contributed by atoms with van der Waals surface area (Å²) in [5.41, 5.74) is 1.24. The molecule has 5 nitrogen and oxygen atoms in total. The van der Waals surface area contributed by atoms with Crippen molar-refractivity contribution >= 4 is 18.1 Å². The molecule has 0 bridgehead atoms. The lowest BCUT2D eigenvalue weighted by Crippen LogP contribution is -2.35. The zero-order valence-electron chi connectivity index (χ0n) is 12.0. The maximum atomic E-state index is 12.3. The molecule has 0 spiro atoms. The molecule has 3 N–H and O–H groups in total. The first-order valence-corrected chi connectivity index (χ1v) is 7.23. The molecule has 21 heavy (non-hydrogen) atoms. The van der Waals surface area contributed by atoms with Crippen molar-refractivity contribution in [3.05, 3.63) is 47.0 Å². The van der Waals surface area contributed by atoms with E-state index in [0.29, 0.717) is 10.5 Å². The average Bonchev–Trinajstić information content (AvgIpc) is 2.87. The summed E-state index contributed by atoms with van der Waals surface area (Å²) in [4.78, 5) is 15.2. The zero-order chi connectivity index (χ0) is 15.4. The van der Waals surface area contributed by atoms with Crippen LogP contribution in [0.3, 0.4) is 0 Å². The third-order valence-electron chi connectivity index (χ3n) is 3.26. The van der Waals surface area contributed by atoms with Crippen LogP contribution < -0.4 is 5.32 Å². The fraction of sp³-hybridized carbons (Fsp3) is 0.333. The summed E-state index contributed by atoms with van der Waals surface area (Å²) in [6.07, 6.45) is 1.01. The summed E-state index contributed by atoms with van der Waals surface area (Å²) < 4.78 is 2.13. The minimum Gasteiger partial charge on any atom is -0.391 e. The summed E-state index contributed by atoms with van der Waals surface area (Å²) in [6.45, 7) is 4.01. The lowest BCUT2D eigenvalue weighted by Gasteiger charge is -2.15. The molecule has 1 amide bonds. The largest absolute Gasteiger partial charge is 0.391 e. The van der Waals surface area contributed by atoms with Crippen LogP contribution in [-0.2, 0) is 0 Å². The van der Waals surface area contributed by atoms with Crippen LogP contribution in [0.25, 0.3) is 5.69 Å². The van der Waals surface area contributed by atoms with Gasteiger partial charge in [0.25, 0.3) is 5.91 Å². The third kappa shape index (κ3) is 3.59. The van der Waals surface area contributed by atoms with Crippen molar-refractivity contribution in [2.75, 3.05) is 6.54 Å². The van der Waals surface area contributed by atoms with Crippen molar-refractivity contribution in [2.24, 2.45) is 5.92 Å². The van der Waals surface area contributed by atoms with E-state index in [2.05, 4.69) is 10.3 Å². The van der Waals surface area contributed by atoms with E-state index in [0.717, 1.165) is 5.69 Å². The standard InChI is InChI=1S/C15H19N3O2S/c1-10(2)13(19)9-16-14(20)12-8-17-15(21)18(12)11-6-4-3-5-7-11/h3-8,10,13,19H,9H2,1-2H3,(H,16,20)(H,17,21). The Morgan fingerprint density at radius 2 is 2.05 bits per heavy atom. The number of imidazole rings is 1. The number of hydrogen-bond acceptors (Lipinski definition) is 3. The Bertz CT molecular complexity index is 661. The summed E-state index contributed by atoms with van der Waals surface area (Å²) in [5, 5.41) is 12.5. The lowest BCUT2D eigenvalue weighted by atomic mass is 10.1. The number of para-hydroxylation sites is 1. The van der Waals surface area contributed by atoms with E-state index in [1.807, 2.05) is 44.2 Å². The second-order valence-corrected chi connectivity index (χ2v) is 5.56.